The van der Waals surface area contributed by atoms with Crippen LogP contribution in [0.1, 0.15) is 0 Å². The minimum Gasteiger partial charge on any atom is -0.497 e. The maximum absolute atomic E-state index is 11.7. The molecule has 118 valence electrons. The smallest absolute Gasteiger partial charge is 0.273 e. The first-order chi connectivity index (χ1) is 9.54. The largest absolute Gasteiger partial charge is 0.497 e. The summed E-state index contributed by atoms with van der Waals surface area (Å²) in [6.45, 7) is 0. The molecule has 0 saturated carbocycles. The van der Waals surface area contributed by atoms with Gasteiger partial charge in [0.2, 0.25) is 3.79 Å². The van der Waals surface area contributed by atoms with Crippen LogP contribution in [0.2, 0.25) is 0 Å². The Morgan fingerprint density at radius 3 is 2.00 bits per heavy atom. The van der Waals surface area contributed by atoms with Gasteiger partial charge in [-0.25, -0.2) is 0 Å². The Morgan fingerprint density at radius 2 is 1.62 bits per heavy atom. The van der Waals surface area contributed by atoms with Crippen LogP contribution in [0.25, 0.3) is 0 Å². The van der Waals surface area contributed by atoms with E-state index < -0.39 is 19.7 Å². The summed E-state index contributed by atoms with van der Waals surface area (Å²) in [6.07, 6.45) is -1.11. The maximum atomic E-state index is 11.7. The molecule has 10 heteroatoms. The zero-order valence-electron chi connectivity index (χ0n) is 10.5. The van der Waals surface area contributed by atoms with Gasteiger partial charge in [0, 0.05) is 5.69 Å². The molecule has 0 aliphatic heterocycles. The zero-order valence-corrected chi connectivity index (χ0v) is 15.0. The lowest BCUT2D eigenvalue weighted by atomic mass is 10.3. The molecule has 0 aliphatic carbocycles. The second-order valence-corrected chi connectivity index (χ2v) is 8.47. The molecule has 0 saturated heterocycles. The number of carbonyl (C=O) groups excluding carboxylic acids is 1. The zero-order chi connectivity index (χ0) is 16.3. The van der Waals surface area contributed by atoms with Gasteiger partial charge in [0.25, 0.3) is 9.70 Å². The second-order valence-electron chi connectivity index (χ2n) is 3.82. The number of anilines is 1. The molecular formula is C11H10Cl6N2O2. The van der Waals surface area contributed by atoms with Crippen LogP contribution in [0, 0.1) is 0 Å². The topological polar surface area (TPSA) is 50.4 Å². The number of methoxy groups -OCH3 is 1. The number of halogens is 6. The van der Waals surface area contributed by atoms with E-state index in [9.17, 15) is 4.79 Å². The average molecular weight is 415 g/mol. The number of amides is 1. The molecule has 0 aromatic heterocycles. The van der Waals surface area contributed by atoms with Crippen molar-refractivity contribution in [3.8, 4) is 5.75 Å². The fourth-order valence-electron chi connectivity index (χ4n) is 1.27. The van der Waals surface area contributed by atoms with Crippen molar-refractivity contribution in [1.82, 2.24) is 5.32 Å². The third-order valence-electron chi connectivity index (χ3n) is 2.26. The Labute approximate surface area is 151 Å². The average Bonchev–Trinajstić information content (AvgIpc) is 2.36. The van der Waals surface area contributed by atoms with E-state index in [1.54, 1.807) is 24.3 Å². The monoisotopic (exact) mass is 412 g/mol. The van der Waals surface area contributed by atoms with Crippen LogP contribution in [-0.4, -0.2) is 26.8 Å². The number of rotatable bonds is 4. The third-order valence-corrected chi connectivity index (χ3v) is 3.43. The summed E-state index contributed by atoms with van der Waals surface area (Å²) in [6, 6.07) is 6.72. The summed E-state index contributed by atoms with van der Waals surface area (Å²) >= 11 is 33.8. The van der Waals surface area contributed by atoms with Crippen LogP contribution >= 0.6 is 69.6 Å². The van der Waals surface area contributed by atoms with Crippen molar-refractivity contribution in [3.05, 3.63) is 24.3 Å². The van der Waals surface area contributed by atoms with E-state index in [2.05, 4.69) is 10.6 Å². The van der Waals surface area contributed by atoms with E-state index in [0.29, 0.717) is 11.4 Å². The highest BCUT2D eigenvalue weighted by Gasteiger charge is 2.39. The first kappa shape index (κ1) is 19.1. The molecule has 0 bridgehead atoms. The molecule has 0 unspecified atom stereocenters. The summed E-state index contributed by atoms with van der Waals surface area (Å²) in [4.78, 5) is 11.7. The van der Waals surface area contributed by atoms with Gasteiger partial charge < -0.3 is 15.4 Å². The Hall–Kier alpha value is 0.0300. The lowest BCUT2D eigenvalue weighted by molar-refractivity contribution is -0.120. The summed E-state index contributed by atoms with van der Waals surface area (Å²) in [5.41, 5.74) is 0.566. The van der Waals surface area contributed by atoms with Crippen molar-refractivity contribution >= 4 is 81.2 Å². The molecule has 0 radical (unpaired) electrons. The second kappa shape index (κ2) is 7.53. The van der Waals surface area contributed by atoms with Gasteiger partial charge in [-0.3, -0.25) is 4.79 Å². The molecule has 2 N–H and O–H groups in total. The highest BCUT2D eigenvalue weighted by atomic mass is 35.6. The summed E-state index contributed by atoms with van der Waals surface area (Å²) in [5, 5.41) is 5.12. The number of benzene rings is 1. The highest BCUT2D eigenvalue weighted by Crippen LogP contribution is 2.33. The van der Waals surface area contributed by atoms with Gasteiger partial charge in [-0.15, -0.1) is 0 Å². The summed E-state index contributed by atoms with van der Waals surface area (Å²) < 4.78 is 0.982. The van der Waals surface area contributed by atoms with Crippen LogP contribution < -0.4 is 15.4 Å². The quantitative estimate of drug-likeness (QED) is 0.570. The van der Waals surface area contributed by atoms with Crippen molar-refractivity contribution in [3.63, 3.8) is 0 Å². The minimum absolute atomic E-state index is 0.566. The molecule has 0 aliphatic rings. The van der Waals surface area contributed by atoms with Crippen LogP contribution in [-0.2, 0) is 4.79 Å². The normalized spacial score (nSPS) is 13.5. The Morgan fingerprint density at radius 1 is 1.10 bits per heavy atom. The first-order valence-electron chi connectivity index (χ1n) is 5.39. The highest BCUT2D eigenvalue weighted by molar-refractivity contribution is 6.76. The molecule has 1 amide bonds. The molecule has 0 spiro atoms. The van der Waals surface area contributed by atoms with E-state index in [1.807, 2.05) is 0 Å². The fraction of sp³-hybridized carbons (Fsp3) is 0.364. The molecule has 1 aromatic rings. The number of hydrogen-bond donors (Lipinski definition) is 2. The molecule has 0 fully saturated rings. The Kier molecular flexibility index (Phi) is 6.84. The van der Waals surface area contributed by atoms with Gasteiger partial charge >= 0.3 is 0 Å². The van der Waals surface area contributed by atoms with Crippen molar-refractivity contribution in [1.29, 1.82) is 0 Å². The summed E-state index contributed by atoms with van der Waals surface area (Å²) in [7, 11) is 1.54. The van der Waals surface area contributed by atoms with Gasteiger partial charge in [0.15, 0.2) is 0 Å². The van der Waals surface area contributed by atoms with Gasteiger partial charge in [-0.2, -0.15) is 0 Å². The third kappa shape index (κ3) is 6.35. The van der Waals surface area contributed by atoms with E-state index in [4.69, 9.17) is 74.3 Å². The van der Waals surface area contributed by atoms with Crippen LogP contribution in [0.15, 0.2) is 24.3 Å². The Balaban J connectivity index is 2.86. The lowest BCUT2D eigenvalue weighted by Crippen LogP contribution is -2.52. The SMILES string of the molecule is COc1ccc(N[C@@H](NC(=O)C(Cl)(Cl)Cl)C(Cl)(Cl)Cl)cc1. The molecule has 0 heterocycles. The number of ether oxygens (including phenoxy) is 1. The molecule has 1 aromatic carbocycles. The predicted molar refractivity (Wildman–Crippen MR) is 89.1 cm³/mol. The van der Waals surface area contributed by atoms with Gasteiger partial charge in [0.1, 0.15) is 11.9 Å². The Bertz CT molecular complexity index is 483. The van der Waals surface area contributed by atoms with E-state index >= 15 is 0 Å². The maximum Gasteiger partial charge on any atom is 0.273 e. The molecule has 21 heavy (non-hydrogen) atoms. The van der Waals surface area contributed by atoms with Crippen LogP contribution in [0.4, 0.5) is 5.69 Å². The van der Waals surface area contributed by atoms with E-state index in [-0.39, 0.29) is 0 Å². The minimum atomic E-state index is -2.17. The van der Waals surface area contributed by atoms with Crippen molar-refractivity contribution in [2.75, 3.05) is 12.4 Å². The van der Waals surface area contributed by atoms with Crippen molar-refractivity contribution in [2.24, 2.45) is 0 Å². The molecule has 4 nitrogen and oxygen atoms in total. The number of hydrogen-bond acceptors (Lipinski definition) is 3. The number of carbonyl (C=O) groups is 1. The van der Waals surface area contributed by atoms with Crippen molar-refractivity contribution < 1.29 is 9.53 Å². The van der Waals surface area contributed by atoms with Crippen LogP contribution in [0.5, 0.6) is 5.75 Å². The molecule has 1 rings (SSSR count). The van der Waals surface area contributed by atoms with Gasteiger partial charge in [0.05, 0.1) is 7.11 Å². The summed E-state index contributed by atoms with van der Waals surface area (Å²) in [5.74, 6) is -0.277. The lowest BCUT2D eigenvalue weighted by Gasteiger charge is -2.28. The predicted octanol–water partition coefficient (Wildman–Crippen LogP) is 4.29. The fourth-order valence-corrected chi connectivity index (χ4v) is 1.76. The number of nitrogens with one attached hydrogen (secondary N) is 2. The van der Waals surface area contributed by atoms with Gasteiger partial charge in [-0.05, 0) is 24.3 Å². The molecular weight excluding hydrogens is 405 g/mol. The van der Waals surface area contributed by atoms with Crippen molar-refractivity contribution in [2.45, 2.75) is 13.8 Å². The van der Waals surface area contributed by atoms with Gasteiger partial charge in [-0.1, -0.05) is 69.6 Å². The van der Waals surface area contributed by atoms with Crippen LogP contribution in [0.3, 0.4) is 0 Å². The first-order valence-corrected chi connectivity index (χ1v) is 7.66. The standard InChI is InChI=1S/C11H10Cl6N2O2/c1-21-7-4-2-6(3-5-7)18-8(10(12,13)14)19-9(20)11(15,16)17/h2-5,8,18H,1H3,(H,19,20)/t8-/m0/s1. The number of alkyl halides is 6. The van der Waals surface area contributed by atoms with E-state index in [1.165, 1.54) is 7.11 Å². The molecule has 1 atom stereocenters. The van der Waals surface area contributed by atoms with E-state index in [0.717, 1.165) is 0 Å².